The summed E-state index contributed by atoms with van der Waals surface area (Å²) in [5.41, 5.74) is 1.04. The van der Waals surface area contributed by atoms with Gasteiger partial charge in [0.1, 0.15) is 0 Å². The van der Waals surface area contributed by atoms with Crippen molar-refractivity contribution in [3.05, 3.63) is 22.2 Å². The molecular formula is C17H27N3O2. The van der Waals surface area contributed by atoms with Gasteiger partial charge in [0.15, 0.2) is 5.82 Å². The van der Waals surface area contributed by atoms with Crippen molar-refractivity contribution in [3.8, 4) is 0 Å². The van der Waals surface area contributed by atoms with Crippen LogP contribution in [0.15, 0.2) is 11.0 Å². The van der Waals surface area contributed by atoms with Crippen molar-refractivity contribution in [2.24, 2.45) is 11.3 Å². The van der Waals surface area contributed by atoms with E-state index in [-0.39, 0.29) is 11.0 Å². The highest BCUT2D eigenvalue weighted by atomic mass is 16.5. The molecule has 3 heterocycles. The Labute approximate surface area is 132 Å². The van der Waals surface area contributed by atoms with Gasteiger partial charge in [-0.1, -0.05) is 27.7 Å². The number of rotatable bonds is 1. The number of nitrogens with one attached hydrogen (secondary N) is 1. The fourth-order valence-corrected chi connectivity index (χ4v) is 3.56. The van der Waals surface area contributed by atoms with Crippen LogP contribution in [0.1, 0.15) is 46.2 Å². The summed E-state index contributed by atoms with van der Waals surface area (Å²) < 4.78 is 5.67. The quantitative estimate of drug-likeness (QED) is 0.865. The third-order valence-corrected chi connectivity index (χ3v) is 5.44. The topological polar surface area (TPSA) is 58.2 Å². The predicted molar refractivity (Wildman–Crippen MR) is 87.4 cm³/mol. The van der Waals surface area contributed by atoms with E-state index in [1.54, 1.807) is 0 Å². The van der Waals surface area contributed by atoms with Gasteiger partial charge in [-0.25, -0.2) is 4.98 Å². The number of H-pyrrole nitrogens is 1. The molecule has 22 heavy (non-hydrogen) atoms. The maximum absolute atomic E-state index is 12.4. The Morgan fingerprint density at radius 1 is 1.36 bits per heavy atom. The van der Waals surface area contributed by atoms with Crippen molar-refractivity contribution in [2.45, 2.75) is 46.0 Å². The molecule has 0 amide bonds. The third-order valence-electron chi connectivity index (χ3n) is 5.44. The molecule has 1 atom stereocenters. The zero-order chi connectivity index (χ0) is 16.0. The summed E-state index contributed by atoms with van der Waals surface area (Å²) in [5.74, 6) is 1.18. The fraction of sp³-hybridized carbons (Fsp3) is 0.765. The first-order valence-electron chi connectivity index (χ1n) is 8.24. The Morgan fingerprint density at radius 3 is 2.55 bits per heavy atom. The summed E-state index contributed by atoms with van der Waals surface area (Å²) in [6.07, 6.45) is 3.97. The maximum Gasteiger partial charge on any atom is 0.291 e. The lowest BCUT2D eigenvalue weighted by Gasteiger charge is -2.41. The highest BCUT2D eigenvalue weighted by molar-refractivity contribution is 5.37. The van der Waals surface area contributed by atoms with Crippen LogP contribution >= 0.6 is 0 Å². The van der Waals surface area contributed by atoms with Crippen molar-refractivity contribution in [3.63, 3.8) is 0 Å². The average Bonchev–Trinajstić information content (AvgIpc) is 2.80. The SMILES string of the molecule is C[C@@H]1COCC12CCN(c1ncc(C(C)(C)C)[nH]c1=O)CC2. The molecule has 2 saturated heterocycles. The number of hydrogen-bond donors (Lipinski definition) is 1. The molecule has 0 unspecified atom stereocenters. The summed E-state index contributed by atoms with van der Waals surface area (Å²) in [5, 5.41) is 0. The maximum atomic E-state index is 12.4. The fourth-order valence-electron chi connectivity index (χ4n) is 3.56. The lowest BCUT2D eigenvalue weighted by molar-refractivity contribution is 0.127. The molecule has 5 heteroatoms. The summed E-state index contributed by atoms with van der Waals surface area (Å²) in [7, 11) is 0. The van der Waals surface area contributed by atoms with Gasteiger partial charge in [-0.2, -0.15) is 0 Å². The van der Waals surface area contributed by atoms with E-state index in [0.29, 0.717) is 17.2 Å². The van der Waals surface area contributed by atoms with Gasteiger partial charge in [0.05, 0.1) is 6.61 Å². The highest BCUT2D eigenvalue weighted by Crippen LogP contribution is 2.43. The zero-order valence-corrected chi connectivity index (χ0v) is 14.1. The van der Waals surface area contributed by atoms with Gasteiger partial charge in [-0.3, -0.25) is 4.79 Å². The molecule has 2 fully saturated rings. The van der Waals surface area contributed by atoms with Crippen LogP contribution in [0.4, 0.5) is 5.82 Å². The Kier molecular flexibility index (Phi) is 3.79. The van der Waals surface area contributed by atoms with E-state index in [9.17, 15) is 4.79 Å². The van der Waals surface area contributed by atoms with Crippen molar-refractivity contribution < 1.29 is 4.74 Å². The second kappa shape index (κ2) is 5.37. The van der Waals surface area contributed by atoms with E-state index in [1.807, 2.05) is 6.20 Å². The van der Waals surface area contributed by atoms with Gasteiger partial charge in [0.2, 0.25) is 0 Å². The van der Waals surface area contributed by atoms with Crippen LogP contribution in [0.2, 0.25) is 0 Å². The number of nitrogens with zero attached hydrogens (tertiary/aromatic N) is 2. The predicted octanol–water partition coefficient (Wildman–Crippen LogP) is 2.32. The minimum atomic E-state index is -0.0900. The first-order valence-corrected chi connectivity index (χ1v) is 8.24. The van der Waals surface area contributed by atoms with E-state index >= 15 is 0 Å². The van der Waals surface area contributed by atoms with Crippen LogP contribution in [0.25, 0.3) is 0 Å². The Balaban J connectivity index is 1.75. The van der Waals surface area contributed by atoms with E-state index < -0.39 is 0 Å². The second-order valence-corrected chi connectivity index (χ2v) is 7.97. The Hall–Kier alpha value is -1.36. The van der Waals surface area contributed by atoms with Crippen LogP contribution in [-0.4, -0.2) is 36.3 Å². The van der Waals surface area contributed by atoms with Gasteiger partial charge in [0, 0.05) is 42.4 Å². The molecule has 1 aromatic rings. The van der Waals surface area contributed by atoms with Crippen LogP contribution in [0.3, 0.4) is 0 Å². The van der Waals surface area contributed by atoms with E-state index in [2.05, 4.69) is 42.6 Å². The van der Waals surface area contributed by atoms with Crippen LogP contribution in [-0.2, 0) is 10.2 Å². The van der Waals surface area contributed by atoms with E-state index in [0.717, 1.165) is 44.8 Å². The third kappa shape index (κ3) is 2.67. The van der Waals surface area contributed by atoms with E-state index in [1.165, 1.54) is 0 Å². The smallest absolute Gasteiger partial charge is 0.291 e. The molecule has 0 aromatic carbocycles. The molecule has 5 nitrogen and oxygen atoms in total. The molecule has 0 saturated carbocycles. The molecule has 1 aromatic heterocycles. The molecule has 0 aliphatic carbocycles. The number of hydrogen-bond acceptors (Lipinski definition) is 4. The molecule has 2 aliphatic rings. The minimum absolute atomic E-state index is 0.0703. The normalized spacial score (nSPS) is 24.9. The van der Waals surface area contributed by atoms with E-state index in [4.69, 9.17) is 4.74 Å². The van der Waals surface area contributed by atoms with Crippen molar-refractivity contribution in [1.82, 2.24) is 9.97 Å². The second-order valence-electron chi connectivity index (χ2n) is 7.97. The average molecular weight is 305 g/mol. The first-order chi connectivity index (χ1) is 10.3. The molecule has 1 N–H and O–H groups in total. The zero-order valence-electron chi connectivity index (χ0n) is 14.1. The van der Waals surface area contributed by atoms with Gasteiger partial charge in [-0.05, 0) is 18.8 Å². The summed E-state index contributed by atoms with van der Waals surface area (Å²) in [6, 6.07) is 0. The molecule has 122 valence electrons. The lowest BCUT2D eigenvalue weighted by Crippen LogP contribution is -2.45. The van der Waals surface area contributed by atoms with Crippen molar-refractivity contribution in [1.29, 1.82) is 0 Å². The number of ether oxygens (including phenoxy) is 1. The first kappa shape index (κ1) is 15.5. The molecule has 3 rings (SSSR count). The lowest BCUT2D eigenvalue weighted by atomic mass is 9.72. The minimum Gasteiger partial charge on any atom is -0.381 e. The molecule has 0 radical (unpaired) electrons. The Bertz CT molecular complexity index is 595. The van der Waals surface area contributed by atoms with Crippen LogP contribution < -0.4 is 10.5 Å². The summed E-state index contributed by atoms with van der Waals surface area (Å²) >= 11 is 0. The molecule has 2 aliphatic heterocycles. The van der Waals surface area contributed by atoms with Crippen molar-refractivity contribution >= 4 is 5.82 Å². The molecule has 1 spiro atoms. The van der Waals surface area contributed by atoms with Gasteiger partial charge in [-0.15, -0.1) is 0 Å². The van der Waals surface area contributed by atoms with Gasteiger partial charge in [0.25, 0.3) is 5.56 Å². The van der Waals surface area contributed by atoms with Crippen LogP contribution in [0.5, 0.6) is 0 Å². The number of aromatic amines is 1. The largest absolute Gasteiger partial charge is 0.381 e. The Morgan fingerprint density at radius 2 is 2.05 bits per heavy atom. The van der Waals surface area contributed by atoms with Crippen molar-refractivity contribution in [2.75, 3.05) is 31.2 Å². The molecular weight excluding hydrogens is 278 g/mol. The number of piperidine rings is 1. The number of anilines is 1. The molecule has 0 bridgehead atoms. The standard InChI is InChI=1S/C17H27N3O2/c1-12-10-22-11-17(12)5-7-20(8-6-17)14-15(21)19-13(9-18-14)16(2,3)4/h9,12H,5-8,10-11H2,1-4H3,(H,19,21)/t12-/m1/s1. The summed E-state index contributed by atoms with van der Waals surface area (Å²) in [6.45, 7) is 12.0. The monoisotopic (exact) mass is 305 g/mol. The number of aromatic nitrogens is 2. The highest BCUT2D eigenvalue weighted by Gasteiger charge is 2.43. The summed E-state index contributed by atoms with van der Waals surface area (Å²) in [4.78, 5) is 22.0. The van der Waals surface area contributed by atoms with Gasteiger partial charge >= 0.3 is 0 Å². The van der Waals surface area contributed by atoms with Crippen LogP contribution in [0, 0.1) is 11.3 Å². The van der Waals surface area contributed by atoms with Gasteiger partial charge < -0.3 is 14.6 Å².